The topological polar surface area (TPSA) is 275 Å². The van der Waals surface area contributed by atoms with Crippen LogP contribution in [0.3, 0.4) is 0 Å². The highest BCUT2D eigenvalue weighted by Crippen LogP contribution is 2.31. The van der Waals surface area contributed by atoms with E-state index in [1.165, 1.54) is 12.8 Å². The molecule has 274 valence electrons. The lowest BCUT2D eigenvalue weighted by molar-refractivity contribution is -0.274. The molecule has 5 rings (SSSR count). The molecule has 4 fully saturated rings. The van der Waals surface area contributed by atoms with Crippen LogP contribution in [0.15, 0.2) is 12.2 Å². The Morgan fingerprint density at radius 3 is 2.32 bits per heavy atom. The van der Waals surface area contributed by atoms with Gasteiger partial charge in [-0.25, -0.2) is 0 Å². The highest BCUT2D eigenvalue weighted by Gasteiger charge is 2.46. The zero-order valence-electron chi connectivity index (χ0n) is 27.3. The van der Waals surface area contributed by atoms with E-state index in [1.807, 2.05) is 0 Å². The summed E-state index contributed by atoms with van der Waals surface area (Å²) in [6, 6.07) is -0.603. The molecule has 8 unspecified atom stereocenters. The van der Waals surface area contributed by atoms with Gasteiger partial charge in [-0.3, -0.25) is 0 Å². The Morgan fingerprint density at radius 1 is 0.894 bits per heavy atom. The van der Waals surface area contributed by atoms with Gasteiger partial charge >= 0.3 is 0 Å². The van der Waals surface area contributed by atoms with E-state index < -0.39 is 55.2 Å². The minimum Gasteiger partial charge on any atom is -0.394 e. The summed E-state index contributed by atoms with van der Waals surface area (Å²) in [6.45, 7) is 2.52. The molecule has 0 aromatic heterocycles. The van der Waals surface area contributed by atoms with E-state index in [-0.39, 0.29) is 50.6 Å². The fraction of sp³-hybridized carbons (Fsp3) is 0.935. The molecule has 3 aliphatic heterocycles. The number of ether oxygens (including phenoxy) is 5. The van der Waals surface area contributed by atoms with Gasteiger partial charge in [0.2, 0.25) is 0 Å². The van der Waals surface area contributed by atoms with Crippen molar-refractivity contribution >= 4 is 0 Å². The molecule has 2 saturated carbocycles. The third-order valence-corrected chi connectivity index (χ3v) is 9.55. The predicted molar refractivity (Wildman–Crippen MR) is 172 cm³/mol. The molecule has 16 nitrogen and oxygen atoms in total. The summed E-state index contributed by atoms with van der Waals surface area (Å²) in [5.41, 5.74) is 23.5. The molecule has 0 spiro atoms. The molecule has 0 amide bonds. The van der Waals surface area contributed by atoms with Gasteiger partial charge < -0.3 is 82.8 Å². The van der Waals surface area contributed by atoms with Crippen LogP contribution in [0, 0.1) is 5.92 Å². The highest BCUT2D eigenvalue weighted by atomic mass is 16.7. The molecule has 47 heavy (non-hydrogen) atoms. The first-order chi connectivity index (χ1) is 22.6. The zero-order valence-corrected chi connectivity index (χ0v) is 27.3. The molecule has 0 aromatic carbocycles. The molecule has 2 saturated heterocycles. The second kappa shape index (κ2) is 19.5. The summed E-state index contributed by atoms with van der Waals surface area (Å²) < 4.78 is 29.1. The van der Waals surface area contributed by atoms with Crippen molar-refractivity contribution in [3.63, 3.8) is 0 Å². The van der Waals surface area contributed by atoms with E-state index >= 15 is 0 Å². The maximum atomic E-state index is 10.2. The summed E-state index contributed by atoms with van der Waals surface area (Å²) in [5, 5.41) is 55.2. The van der Waals surface area contributed by atoms with Crippen LogP contribution in [0.4, 0.5) is 0 Å². The summed E-state index contributed by atoms with van der Waals surface area (Å²) >= 11 is 0. The Kier molecular flexibility index (Phi) is 16.1. The van der Waals surface area contributed by atoms with E-state index in [9.17, 15) is 20.4 Å². The SMILES string of the molecule is NC1CC(CNCC2C=CCCO2)C1.NC[C@@H]1O[C@H](O[C@H]2CC(OC3CC(N)CC(NCC(O)CO)C3)OC2CO)[C@H](N)C(O)[C@@H]1O. The van der Waals surface area contributed by atoms with E-state index in [0.29, 0.717) is 25.3 Å². The quantitative estimate of drug-likeness (QED) is 0.0784. The van der Waals surface area contributed by atoms with Crippen molar-refractivity contribution in [2.45, 2.75) is 131 Å². The van der Waals surface area contributed by atoms with Gasteiger partial charge in [-0.2, -0.15) is 0 Å². The van der Waals surface area contributed by atoms with Gasteiger partial charge in [-0.1, -0.05) is 12.2 Å². The van der Waals surface area contributed by atoms with Gasteiger partial charge in [0.15, 0.2) is 12.6 Å². The molecule has 5 aliphatic rings. The van der Waals surface area contributed by atoms with Gasteiger partial charge in [0.05, 0.1) is 50.3 Å². The number of nitrogens with two attached hydrogens (primary N) is 4. The normalized spacial score (nSPS) is 42.7. The first-order valence-electron chi connectivity index (χ1n) is 17.2. The molecule has 15 N–H and O–H groups in total. The number of aliphatic hydroxyl groups excluding tert-OH is 5. The first kappa shape index (κ1) is 38.9. The van der Waals surface area contributed by atoms with Crippen LogP contribution in [-0.2, 0) is 23.7 Å². The Bertz CT molecular complexity index is 920. The third kappa shape index (κ3) is 11.8. The molecule has 13 atom stereocenters. The lowest BCUT2D eigenvalue weighted by atomic mass is 9.81. The Morgan fingerprint density at radius 2 is 1.66 bits per heavy atom. The fourth-order valence-electron chi connectivity index (χ4n) is 6.78. The van der Waals surface area contributed by atoms with Crippen LogP contribution in [0.2, 0.25) is 0 Å². The van der Waals surface area contributed by atoms with E-state index in [0.717, 1.165) is 38.5 Å². The third-order valence-electron chi connectivity index (χ3n) is 9.55. The zero-order chi connectivity index (χ0) is 33.9. The van der Waals surface area contributed by atoms with Crippen molar-refractivity contribution in [2.24, 2.45) is 28.9 Å². The van der Waals surface area contributed by atoms with Crippen LogP contribution in [-0.4, -0.2) is 157 Å². The van der Waals surface area contributed by atoms with Crippen LogP contribution in [0.5, 0.6) is 0 Å². The predicted octanol–water partition coefficient (Wildman–Crippen LogP) is -3.92. The van der Waals surface area contributed by atoms with Crippen LogP contribution >= 0.6 is 0 Å². The Hall–Kier alpha value is -0.900. The van der Waals surface area contributed by atoms with Gasteiger partial charge in [-0.05, 0) is 51.0 Å². The standard InChI is InChI=1S/C20H40N4O9.C11H20N2O/c21-5-14-18(28)19(29)17(23)20(33-14)32-13-4-16(31-15(13)8-26)30-12-2-9(22)1-10(3-12)24-6-11(27)7-25;12-10-5-9(6-10)7-13-8-11-3-1-2-4-14-11/h9-20,24-29H,1-8,21-23H2;1,3,9-11,13H,2,4-8,12H2/t9?,10?,11?,12?,13-,14-,15?,16?,17+,18+,19?,20-;/m0./s1. The fourth-order valence-corrected chi connectivity index (χ4v) is 6.78. The van der Waals surface area contributed by atoms with Crippen molar-refractivity contribution < 1.29 is 49.2 Å². The number of aliphatic hydroxyl groups is 5. The van der Waals surface area contributed by atoms with Crippen molar-refractivity contribution in [1.29, 1.82) is 0 Å². The average Bonchev–Trinajstić information content (AvgIpc) is 3.44. The average molecular weight is 677 g/mol. The van der Waals surface area contributed by atoms with Crippen LogP contribution < -0.4 is 33.6 Å². The molecular weight excluding hydrogens is 616 g/mol. The monoisotopic (exact) mass is 676 g/mol. The number of hydrogen-bond donors (Lipinski definition) is 11. The van der Waals surface area contributed by atoms with E-state index in [1.54, 1.807) is 0 Å². The maximum Gasteiger partial charge on any atom is 0.176 e. The summed E-state index contributed by atoms with van der Waals surface area (Å²) in [4.78, 5) is 0. The van der Waals surface area contributed by atoms with Crippen molar-refractivity contribution in [3.05, 3.63) is 12.2 Å². The van der Waals surface area contributed by atoms with Gasteiger partial charge in [0.1, 0.15) is 24.4 Å². The second-order valence-electron chi connectivity index (χ2n) is 13.6. The summed E-state index contributed by atoms with van der Waals surface area (Å²) in [5.74, 6) is 0.803. The van der Waals surface area contributed by atoms with Crippen LogP contribution in [0.25, 0.3) is 0 Å². The molecule has 16 heteroatoms. The Balaban J connectivity index is 0.000000295. The molecule has 3 heterocycles. The molecule has 0 bridgehead atoms. The highest BCUT2D eigenvalue weighted by molar-refractivity contribution is 4.95. The Labute approximate surface area is 277 Å². The smallest absolute Gasteiger partial charge is 0.176 e. The van der Waals surface area contributed by atoms with Crippen LogP contribution in [0.1, 0.15) is 44.9 Å². The van der Waals surface area contributed by atoms with E-state index in [2.05, 4.69) is 22.8 Å². The molecule has 0 radical (unpaired) electrons. The van der Waals surface area contributed by atoms with Crippen molar-refractivity contribution in [2.75, 3.05) is 46.0 Å². The van der Waals surface area contributed by atoms with Gasteiger partial charge in [0.25, 0.3) is 0 Å². The minimum atomic E-state index is -1.27. The largest absolute Gasteiger partial charge is 0.394 e. The molecular formula is C31H60N6O10. The van der Waals surface area contributed by atoms with Crippen molar-refractivity contribution in [3.8, 4) is 0 Å². The first-order valence-corrected chi connectivity index (χ1v) is 17.2. The molecule has 2 aliphatic carbocycles. The maximum absolute atomic E-state index is 10.2. The van der Waals surface area contributed by atoms with Gasteiger partial charge in [0, 0.05) is 44.2 Å². The summed E-state index contributed by atoms with van der Waals surface area (Å²) in [7, 11) is 0. The second-order valence-corrected chi connectivity index (χ2v) is 13.6. The number of rotatable bonds is 14. The van der Waals surface area contributed by atoms with Crippen molar-refractivity contribution in [1.82, 2.24) is 10.6 Å². The number of nitrogens with one attached hydrogen (secondary N) is 2. The minimum absolute atomic E-state index is 0.0202. The lowest BCUT2D eigenvalue weighted by Gasteiger charge is -2.41. The number of hydrogen-bond acceptors (Lipinski definition) is 16. The van der Waals surface area contributed by atoms with E-state index in [4.69, 9.17) is 51.7 Å². The van der Waals surface area contributed by atoms with Gasteiger partial charge in [-0.15, -0.1) is 0 Å². The molecule has 0 aromatic rings. The summed E-state index contributed by atoms with van der Waals surface area (Å²) in [6.07, 6.45) is 3.08. The lowest BCUT2D eigenvalue weighted by Crippen LogP contribution is -2.63.